The van der Waals surface area contributed by atoms with Gasteiger partial charge in [-0.1, -0.05) is 54.6 Å². The second-order valence-corrected chi connectivity index (χ2v) is 5.01. The third kappa shape index (κ3) is 10.2. The van der Waals surface area contributed by atoms with Gasteiger partial charge >= 0.3 is 17.9 Å². The summed E-state index contributed by atoms with van der Waals surface area (Å²) in [7, 11) is 0. The van der Waals surface area contributed by atoms with Crippen molar-refractivity contribution in [1.82, 2.24) is 0 Å². The molecule has 0 saturated heterocycles. The molecule has 0 heterocycles. The Morgan fingerprint density at radius 1 is 0.429 bits per heavy atom. The van der Waals surface area contributed by atoms with Crippen molar-refractivity contribution >= 4 is 17.9 Å². The molecule has 7 heteroatoms. The Labute approximate surface area is 180 Å². The van der Waals surface area contributed by atoms with E-state index in [2.05, 4.69) is 0 Å². The molecule has 0 aliphatic heterocycles. The number of hydrogen-bond acceptors (Lipinski definition) is 3. The van der Waals surface area contributed by atoms with Gasteiger partial charge in [0.2, 0.25) is 0 Å². The second kappa shape index (κ2) is 14.1. The molecule has 3 aromatic carbocycles. The van der Waals surface area contributed by atoms with Crippen LogP contribution in [0, 0.1) is 0 Å². The molecule has 1 radical (unpaired) electrons. The van der Waals surface area contributed by atoms with E-state index in [0.717, 1.165) is 0 Å². The summed E-state index contributed by atoms with van der Waals surface area (Å²) in [6.07, 6.45) is 0. The fraction of sp³-hybridized carbons (Fsp3) is 0. The van der Waals surface area contributed by atoms with Crippen LogP contribution in [0.2, 0.25) is 0 Å². The summed E-state index contributed by atoms with van der Waals surface area (Å²) in [4.78, 5) is 30.6. The predicted molar refractivity (Wildman–Crippen MR) is 100 cm³/mol. The molecule has 0 aliphatic rings. The van der Waals surface area contributed by atoms with E-state index in [1.54, 1.807) is 91.0 Å². The summed E-state index contributed by atoms with van der Waals surface area (Å²) in [5.74, 6) is -2.64. The van der Waals surface area contributed by atoms with Gasteiger partial charge in [0, 0.05) is 25.8 Å². The van der Waals surface area contributed by atoms with Crippen molar-refractivity contribution in [3.63, 3.8) is 0 Å². The minimum atomic E-state index is -0.879. The molecule has 0 unspecified atom stereocenters. The first-order valence-electron chi connectivity index (χ1n) is 7.77. The molecule has 0 saturated carbocycles. The van der Waals surface area contributed by atoms with E-state index in [1.165, 1.54) is 0 Å². The zero-order chi connectivity index (χ0) is 20.1. The minimum absolute atomic E-state index is 0. The van der Waals surface area contributed by atoms with E-state index in [9.17, 15) is 14.4 Å². The normalized spacial score (nSPS) is 8.57. The van der Waals surface area contributed by atoms with E-state index >= 15 is 0 Å². The van der Waals surface area contributed by atoms with Gasteiger partial charge in [-0.3, -0.25) is 0 Å². The Balaban J connectivity index is 0.000000384. The van der Waals surface area contributed by atoms with Crippen molar-refractivity contribution < 1.29 is 55.5 Å². The van der Waals surface area contributed by atoms with Gasteiger partial charge in [0.1, 0.15) is 0 Å². The molecule has 0 bridgehead atoms. The van der Waals surface area contributed by atoms with E-state index < -0.39 is 17.9 Å². The summed E-state index contributed by atoms with van der Waals surface area (Å²) >= 11 is 0. The molecule has 0 fully saturated rings. The zero-order valence-corrected chi connectivity index (χ0v) is 16.6. The van der Waals surface area contributed by atoms with E-state index in [1.807, 2.05) is 0 Å². The Morgan fingerprint density at radius 3 is 0.714 bits per heavy atom. The van der Waals surface area contributed by atoms with Gasteiger partial charge in [0.15, 0.2) is 0 Å². The number of benzene rings is 3. The molecule has 3 aromatic rings. The average Bonchev–Trinajstić information content (AvgIpc) is 2.71. The van der Waals surface area contributed by atoms with Crippen molar-refractivity contribution in [3.05, 3.63) is 108 Å². The fourth-order valence-electron chi connectivity index (χ4n) is 1.74. The van der Waals surface area contributed by atoms with E-state index in [0.29, 0.717) is 16.7 Å². The average molecular weight is 411 g/mol. The molecule has 0 spiro atoms. The van der Waals surface area contributed by atoms with Crippen LogP contribution >= 0.6 is 0 Å². The Hall–Kier alpha value is -3.06. The fourth-order valence-corrected chi connectivity index (χ4v) is 1.74. The maximum atomic E-state index is 10.2. The molecule has 0 aliphatic carbocycles. The molecular weight excluding hydrogens is 393 g/mol. The maximum Gasteiger partial charge on any atom is 0.335 e. The van der Waals surface area contributed by atoms with Gasteiger partial charge in [-0.15, -0.1) is 0 Å². The van der Waals surface area contributed by atoms with Crippen molar-refractivity contribution in [1.29, 1.82) is 0 Å². The van der Waals surface area contributed by atoms with Gasteiger partial charge in [-0.2, -0.15) is 0 Å². The summed E-state index contributed by atoms with van der Waals surface area (Å²) in [5, 5.41) is 25.2. The second-order valence-electron chi connectivity index (χ2n) is 5.01. The van der Waals surface area contributed by atoms with Gasteiger partial charge in [0.05, 0.1) is 16.7 Å². The van der Waals surface area contributed by atoms with Crippen LogP contribution in [0.1, 0.15) is 31.1 Å². The van der Waals surface area contributed by atoms with Crippen molar-refractivity contribution in [3.8, 4) is 0 Å². The summed E-state index contributed by atoms with van der Waals surface area (Å²) in [5.41, 5.74) is 0.993. The molecule has 3 rings (SSSR count). The summed E-state index contributed by atoms with van der Waals surface area (Å²) in [6.45, 7) is 0. The SMILES string of the molecule is O=C(O)c1ccccc1.O=C(O)c1ccccc1.O=C(O)c1ccccc1.[Sc]. The number of carbonyl (C=O) groups is 3. The van der Waals surface area contributed by atoms with Crippen LogP contribution in [0.25, 0.3) is 0 Å². The molecule has 0 aromatic heterocycles. The summed E-state index contributed by atoms with van der Waals surface area (Å²) in [6, 6.07) is 24.9. The third-order valence-corrected chi connectivity index (χ3v) is 3.06. The molecule has 0 atom stereocenters. The quantitative estimate of drug-likeness (QED) is 0.597. The molecule has 3 N–H and O–H groups in total. The number of carboxylic acid groups (broad SMARTS) is 3. The van der Waals surface area contributed by atoms with Crippen LogP contribution in [0.4, 0.5) is 0 Å². The third-order valence-electron chi connectivity index (χ3n) is 3.06. The van der Waals surface area contributed by atoms with Crippen LogP contribution in [-0.2, 0) is 25.8 Å². The number of aromatic carboxylic acids is 3. The molecule has 6 nitrogen and oxygen atoms in total. The van der Waals surface area contributed by atoms with Crippen LogP contribution in [0.3, 0.4) is 0 Å². The van der Waals surface area contributed by atoms with Crippen LogP contribution in [0.5, 0.6) is 0 Å². The number of hydrogen-bond donors (Lipinski definition) is 3. The molecule has 0 amide bonds. The van der Waals surface area contributed by atoms with Crippen LogP contribution in [0.15, 0.2) is 91.0 Å². The Kier molecular flexibility index (Phi) is 12.5. The van der Waals surface area contributed by atoms with E-state index in [4.69, 9.17) is 15.3 Å². The maximum absolute atomic E-state index is 10.2. The number of rotatable bonds is 3. The minimum Gasteiger partial charge on any atom is -0.478 e. The van der Waals surface area contributed by atoms with Crippen molar-refractivity contribution in [2.45, 2.75) is 0 Å². The van der Waals surface area contributed by atoms with Crippen LogP contribution in [-0.4, -0.2) is 33.2 Å². The first kappa shape index (κ1) is 24.9. The smallest absolute Gasteiger partial charge is 0.335 e. The largest absolute Gasteiger partial charge is 0.478 e. The standard InChI is InChI=1S/3C7H6O2.Sc/c3*8-7(9)6-4-2-1-3-5-6;/h3*1-5H,(H,8,9);. The van der Waals surface area contributed by atoms with Gasteiger partial charge in [-0.05, 0) is 36.4 Å². The van der Waals surface area contributed by atoms with E-state index in [-0.39, 0.29) is 25.8 Å². The molecule has 141 valence electrons. The van der Waals surface area contributed by atoms with Gasteiger partial charge in [-0.25, -0.2) is 14.4 Å². The zero-order valence-electron chi connectivity index (χ0n) is 14.8. The Morgan fingerprint density at radius 2 is 0.607 bits per heavy atom. The monoisotopic (exact) mass is 411 g/mol. The van der Waals surface area contributed by atoms with Gasteiger partial charge < -0.3 is 15.3 Å². The summed E-state index contributed by atoms with van der Waals surface area (Å²) < 4.78 is 0. The van der Waals surface area contributed by atoms with Gasteiger partial charge in [0.25, 0.3) is 0 Å². The topological polar surface area (TPSA) is 112 Å². The predicted octanol–water partition coefficient (Wildman–Crippen LogP) is 4.15. The van der Waals surface area contributed by atoms with Crippen molar-refractivity contribution in [2.75, 3.05) is 0 Å². The Bertz CT molecular complexity index is 734. The van der Waals surface area contributed by atoms with Crippen LogP contribution < -0.4 is 0 Å². The first-order valence-corrected chi connectivity index (χ1v) is 7.77. The molecule has 28 heavy (non-hydrogen) atoms. The first-order chi connectivity index (χ1) is 12.9. The van der Waals surface area contributed by atoms with Crippen molar-refractivity contribution in [2.24, 2.45) is 0 Å². The number of carboxylic acids is 3. The molecular formula is C21H18O6Sc.